The van der Waals surface area contributed by atoms with Crippen molar-refractivity contribution in [3.05, 3.63) is 58.4 Å². The first-order chi connectivity index (χ1) is 12.5. The van der Waals surface area contributed by atoms with E-state index in [0.717, 1.165) is 38.8 Å². The number of aryl methyl sites for hydroxylation is 2. The van der Waals surface area contributed by atoms with Crippen molar-refractivity contribution < 1.29 is 9.84 Å². The zero-order valence-corrected chi connectivity index (χ0v) is 15.8. The van der Waals surface area contributed by atoms with E-state index in [0.29, 0.717) is 12.5 Å². The van der Waals surface area contributed by atoms with Crippen LogP contribution in [0.4, 0.5) is 0 Å². The number of fused-ring (bicyclic) bond motifs is 1. The van der Waals surface area contributed by atoms with Crippen molar-refractivity contribution in [2.24, 2.45) is 0 Å². The van der Waals surface area contributed by atoms with Gasteiger partial charge in [0, 0.05) is 10.9 Å². The molecule has 0 saturated heterocycles. The number of hydrogen-bond donors (Lipinski definition) is 1. The van der Waals surface area contributed by atoms with E-state index in [9.17, 15) is 5.11 Å². The zero-order valence-electron chi connectivity index (χ0n) is 15.1. The van der Waals surface area contributed by atoms with E-state index in [1.165, 1.54) is 12.8 Å². The minimum absolute atomic E-state index is 0.233. The van der Waals surface area contributed by atoms with E-state index >= 15 is 0 Å². The van der Waals surface area contributed by atoms with Gasteiger partial charge in [-0.2, -0.15) is 0 Å². The van der Waals surface area contributed by atoms with E-state index in [1.807, 2.05) is 44.2 Å². The fourth-order valence-electron chi connectivity index (χ4n) is 3.38. The SMILES string of the molecule is Cc1cc(OCC(O)Cn2c(C3CC3)nc3ccccc32)cc(C)c1Cl. The van der Waals surface area contributed by atoms with Gasteiger partial charge >= 0.3 is 0 Å². The van der Waals surface area contributed by atoms with Crippen molar-refractivity contribution in [3.63, 3.8) is 0 Å². The Morgan fingerprint density at radius 3 is 2.62 bits per heavy atom. The molecule has 26 heavy (non-hydrogen) atoms. The van der Waals surface area contributed by atoms with Crippen LogP contribution in [0.25, 0.3) is 11.0 Å². The first-order valence-electron chi connectivity index (χ1n) is 9.05. The van der Waals surface area contributed by atoms with Crippen LogP contribution in [0.5, 0.6) is 5.75 Å². The van der Waals surface area contributed by atoms with Gasteiger partial charge < -0.3 is 14.4 Å². The molecule has 0 spiro atoms. The summed E-state index contributed by atoms with van der Waals surface area (Å²) in [5, 5.41) is 11.3. The molecule has 136 valence electrons. The number of aliphatic hydroxyl groups excluding tert-OH is 1. The van der Waals surface area contributed by atoms with Crippen LogP contribution >= 0.6 is 11.6 Å². The van der Waals surface area contributed by atoms with Crippen molar-refractivity contribution in [2.45, 2.75) is 45.3 Å². The maximum Gasteiger partial charge on any atom is 0.120 e. The Labute approximate surface area is 158 Å². The van der Waals surface area contributed by atoms with Crippen molar-refractivity contribution >= 4 is 22.6 Å². The summed E-state index contributed by atoms with van der Waals surface area (Å²) in [5.41, 5.74) is 4.03. The van der Waals surface area contributed by atoms with Gasteiger partial charge in [-0.1, -0.05) is 23.7 Å². The largest absolute Gasteiger partial charge is 0.491 e. The highest BCUT2D eigenvalue weighted by molar-refractivity contribution is 6.32. The summed E-state index contributed by atoms with van der Waals surface area (Å²) in [5.74, 6) is 2.35. The Morgan fingerprint density at radius 1 is 1.23 bits per heavy atom. The summed E-state index contributed by atoms with van der Waals surface area (Å²) in [6, 6.07) is 11.9. The number of aromatic nitrogens is 2. The number of nitrogens with zero attached hydrogens (tertiary/aromatic N) is 2. The molecule has 2 aromatic carbocycles. The molecular formula is C21H23ClN2O2. The maximum absolute atomic E-state index is 10.6. The Kier molecular flexibility index (Phi) is 4.63. The summed E-state index contributed by atoms with van der Waals surface area (Å²) in [6.45, 7) is 4.63. The van der Waals surface area contributed by atoms with Crippen molar-refractivity contribution in [2.75, 3.05) is 6.61 Å². The van der Waals surface area contributed by atoms with Gasteiger partial charge in [0.2, 0.25) is 0 Å². The lowest BCUT2D eigenvalue weighted by molar-refractivity contribution is 0.0926. The van der Waals surface area contributed by atoms with Gasteiger partial charge in [-0.15, -0.1) is 0 Å². The van der Waals surface area contributed by atoms with Crippen LogP contribution in [-0.2, 0) is 6.54 Å². The third kappa shape index (κ3) is 3.44. The van der Waals surface area contributed by atoms with Gasteiger partial charge in [0.25, 0.3) is 0 Å². The number of ether oxygens (including phenoxy) is 1. The first-order valence-corrected chi connectivity index (χ1v) is 9.43. The smallest absolute Gasteiger partial charge is 0.120 e. The van der Waals surface area contributed by atoms with Gasteiger partial charge in [0.1, 0.15) is 24.3 Å². The number of hydrogen-bond acceptors (Lipinski definition) is 3. The molecule has 1 saturated carbocycles. The molecule has 1 N–H and O–H groups in total. The molecule has 1 aliphatic rings. The Balaban J connectivity index is 1.49. The van der Waals surface area contributed by atoms with Gasteiger partial charge in [-0.3, -0.25) is 0 Å². The lowest BCUT2D eigenvalue weighted by atomic mass is 10.1. The number of imidazole rings is 1. The molecule has 4 nitrogen and oxygen atoms in total. The molecule has 0 bridgehead atoms. The molecule has 1 fully saturated rings. The van der Waals surface area contributed by atoms with Crippen LogP contribution < -0.4 is 4.74 Å². The summed E-state index contributed by atoms with van der Waals surface area (Å²) in [7, 11) is 0. The molecule has 1 aromatic heterocycles. The van der Waals surface area contributed by atoms with Gasteiger partial charge in [-0.05, 0) is 62.1 Å². The molecule has 0 aliphatic heterocycles. The molecule has 3 aromatic rings. The predicted octanol–water partition coefficient (Wildman–Crippen LogP) is 4.62. The quantitative estimate of drug-likeness (QED) is 0.688. The highest BCUT2D eigenvalue weighted by Gasteiger charge is 2.30. The lowest BCUT2D eigenvalue weighted by Crippen LogP contribution is -2.24. The number of rotatable bonds is 6. The molecule has 0 radical (unpaired) electrons. The third-order valence-electron chi connectivity index (χ3n) is 4.87. The molecule has 1 aliphatic carbocycles. The van der Waals surface area contributed by atoms with E-state index in [1.54, 1.807) is 0 Å². The second-order valence-corrected chi connectivity index (χ2v) is 7.56. The van der Waals surface area contributed by atoms with Crippen LogP contribution in [0.3, 0.4) is 0 Å². The Hall–Kier alpha value is -2.04. The second-order valence-electron chi connectivity index (χ2n) is 7.18. The van der Waals surface area contributed by atoms with Gasteiger partial charge in [-0.25, -0.2) is 4.98 Å². The fourth-order valence-corrected chi connectivity index (χ4v) is 3.49. The molecular weight excluding hydrogens is 348 g/mol. The minimum Gasteiger partial charge on any atom is -0.491 e. The third-order valence-corrected chi connectivity index (χ3v) is 5.47. The Bertz CT molecular complexity index is 923. The van der Waals surface area contributed by atoms with Crippen LogP contribution in [-0.4, -0.2) is 27.4 Å². The average molecular weight is 371 g/mol. The maximum atomic E-state index is 10.6. The molecule has 5 heteroatoms. The van der Waals surface area contributed by atoms with E-state index in [-0.39, 0.29) is 6.61 Å². The average Bonchev–Trinajstić information content (AvgIpc) is 3.41. The first kappa shape index (κ1) is 17.4. The number of para-hydroxylation sites is 2. The predicted molar refractivity (Wildman–Crippen MR) is 104 cm³/mol. The minimum atomic E-state index is -0.610. The van der Waals surface area contributed by atoms with Crippen molar-refractivity contribution in [1.82, 2.24) is 9.55 Å². The van der Waals surface area contributed by atoms with E-state index in [2.05, 4.69) is 10.6 Å². The van der Waals surface area contributed by atoms with Gasteiger partial charge in [0.05, 0.1) is 17.6 Å². The number of halogens is 1. The highest BCUT2D eigenvalue weighted by atomic mass is 35.5. The molecule has 1 atom stereocenters. The van der Waals surface area contributed by atoms with Crippen molar-refractivity contribution in [1.29, 1.82) is 0 Å². The summed E-state index contributed by atoms with van der Waals surface area (Å²) in [6.07, 6.45) is 1.75. The molecule has 1 unspecified atom stereocenters. The van der Waals surface area contributed by atoms with Gasteiger partial charge in [0.15, 0.2) is 0 Å². The highest BCUT2D eigenvalue weighted by Crippen LogP contribution is 2.40. The fraction of sp³-hybridized carbons (Fsp3) is 0.381. The topological polar surface area (TPSA) is 47.3 Å². The molecule has 4 rings (SSSR count). The zero-order chi connectivity index (χ0) is 18.3. The van der Waals surface area contributed by atoms with Crippen LogP contribution in [0, 0.1) is 13.8 Å². The standard InChI is InChI=1S/C21H23ClN2O2/c1-13-9-17(10-14(2)20(13)22)26-12-16(25)11-24-19-6-4-3-5-18(19)23-21(24)15-7-8-15/h3-6,9-10,15-16,25H,7-8,11-12H2,1-2H3. The van der Waals surface area contributed by atoms with Crippen LogP contribution in [0.15, 0.2) is 36.4 Å². The molecule has 0 amide bonds. The number of benzene rings is 2. The lowest BCUT2D eigenvalue weighted by Gasteiger charge is -2.16. The van der Waals surface area contributed by atoms with Crippen molar-refractivity contribution in [3.8, 4) is 5.75 Å². The monoisotopic (exact) mass is 370 g/mol. The van der Waals surface area contributed by atoms with E-state index < -0.39 is 6.10 Å². The van der Waals surface area contributed by atoms with E-state index in [4.69, 9.17) is 21.3 Å². The molecule has 1 heterocycles. The normalized spacial score (nSPS) is 15.4. The van der Waals surface area contributed by atoms with Crippen LogP contribution in [0.1, 0.15) is 35.7 Å². The summed E-state index contributed by atoms with van der Waals surface area (Å²) in [4.78, 5) is 4.78. The number of aliphatic hydroxyl groups is 1. The Morgan fingerprint density at radius 2 is 1.92 bits per heavy atom. The van der Waals surface area contributed by atoms with Crippen LogP contribution in [0.2, 0.25) is 5.02 Å². The summed E-state index contributed by atoms with van der Waals surface area (Å²) < 4.78 is 7.97. The second kappa shape index (κ2) is 6.93. The summed E-state index contributed by atoms with van der Waals surface area (Å²) >= 11 is 6.20.